The summed E-state index contributed by atoms with van der Waals surface area (Å²) in [4.78, 5) is 2.12. The van der Waals surface area contributed by atoms with Crippen LogP contribution in [0, 0.1) is 6.92 Å². The predicted molar refractivity (Wildman–Crippen MR) is 75.9 cm³/mol. The number of nitrogens with two attached hydrogens (primary N) is 1. The number of nitrogen functional groups attached to an aromatic ring is 1. The number of hydrogen-bond acceptors (Lipinski definition) is 3. The van der Waals surface area contributed by atoms with Crippen molar-refractivity contribution in [3.8, 4) is 0 Å². The van der Waals surface area contributed by atoms with Crippen molar-refractivity contribution in [3.05, 3.63) is 40.7 Å². The second kappa shape index (κ2) is 4.90. The van der Waals surface area contributed by atoms with Crippen molar-refractivity contribution in [1.29, 1.82) is 0 Å². The van der Waals surface area contributed by atoms with Gasteiger partial charge in [-0.05, 0) is 31.2 Å². The van der Waals surface area contributed by atoms with Crippen LogP contribution in [0.5, 0.6) is 0 Å². The van der Waals surface area contributed by atoms with Gasteiger partial charge in [-0.25, -0.2) is 0 Å². The van der Waals surface area contributed by atoms with Crippen LogP contribution >= 0.6 is 11.6 Å². The molecule has 0 aliphatic rings. The van der Waals surface area contributed by atoms with Gasteiger partial charge in [-0.15, -0.1) is 0 Å². The van der Waals surface area contributed by atoms with Crippen LogP contribution in [-0.4, -0.2) is 16.8 Å². The highest BCUT2D eigenvalue weighted by Gasteiger charge is 2.13. The van der Waals surface area contributed by atoms with E-state index < -0.39 is 0 Å². The summed E-state index contributed by atoms with van der Waals surface area (Å²) >= 11 is 6.22. The predicted octanol–water partition coefficient (Wildman–Crippen LogP) is 2.60. The average molecular weight is 265 g/mol. The third kappa shape index (κ3) is 2.43. The highest BCUT2D eigenvalue weighted by atomic mass is 35.5. The Hall–Kier alpha value is -1.68. The van der Waals surface area contributed by atoms with Crippen molar-refractivity contribution in [3.63, 3.8) is 0 Å². The molecule has 1 heterocycles. The topological polar surface area (TPSA) is 47.1 Å². The molecular formula is C13H17ClN4. The van der Waals surface area contributed by atoms with Crippen LogP contribution < -0.4 is 10.6 Å². The maximum atomic E-state index is 6.22. The zero-order valence-corrected chi connectivity index (χ0v) is 11.6. The molecule has 0 radical (unpaired) electrons. The molecular weight excluding hydrogens is 248 g/mol. The molecule has 0 unspecified atom stereocenters. The largest absolute Gasteiger partial charge is 0.399 e. The molecule has 2 N–H and O–H groups in total. The van der Waals surface area contributed by atoms with E-state index in [1.807, 2.05) is 45.3 Å². The van der Waals surface area contributed by atoms with Gasteiger partial charge in [0.25, 0.3) is 0 Å². The fourth-order valence-electron chi connectivity index (χ4n) is 1.91. The first kappa shape index (κ1) is 12.8. The minimum Gasteiger partial charge on any atom is -0.399 e. The van der Waals surface area contributed by atoms with Crippen LogP contribution in [0.25, 0.3) is 0 Å². The highest BCUT2D eigenvalue weighted by Crippen LogP contribution is 2.23. The number of benzene rings is 1. The quantitative estimate of drug-likeness (QED) is 0.867. The summed E-state index contributed by atoms with van der Waals surface area (Å²) in [6, 6.07) is 7.77. The van der Waals surface area contributed by atoms with Crippen LogP contribution in [0.1, 0.15) is 11.3 Å². The van der Waals surface area contributed by atoms with Gasteiger partial charge in [0, 0.05) is 37.6 Å². The number of nitrogens with zero attached hydrogens (tertiary/aromatic N) is 3. The number of aryl methyl sites for hydroxylation is 2. The standard InChI is InChI=1S/C13H17ClN4/c1-9-12(13(14)18(3)16-9)8-17(2)11-6-4-10(15)5-7-11/h4-7H,8,15H2,1-3H3. The van der Waals surface area contributed by atoms with Gasteiger partial charge in [0.1, 0.15) is 5.15 Å². The highest BCUT2D eigenvalue weighted by molar-refractivity contribution is 6.30. The van der Waals surface area contributed by atoms with Gasteiger partial charge in [-0.2, -0.15) is 5.10 Å². The van der Waals surface area contributed by atoms with Crippen molar-refractivity contribution >= 4 is 23.0 Å². The molecule has 96 valence electrons. The van der Waals surface area contributed by atoms with E-state index in [0.29, 0.717) is 5.15 Å². The van der Waals surface area contributed by atoms with E-state index in [4.69, 9.17) is 17.3 Å². The van der Waals surface area contributed by atoms with E-state index in [0.717, 1.165) is 29.2 Å². The van der Waals surface area contributed by atoms with E-state index in [-0.39, 0.29) is 0 Å². The Morgan fingerprint density at radius 2 is 1.94 bits per heavy atom. The number of anilines is 2. The number of halogens is 1. The van der Waals surface area contributed by atoms with Crippen LogP contribution in [0.2, 0.25) is 5.15 Å². The summed E-state index contributed by atoms with van der Waals surface area (Å²) in [7, 11) is 3.87. The second-order valence-electron chi connectivity index (χ2n) is 4.43. The Morgan fingerprint density at radius 1 is 1.33 bits per heavy atom. The fraction of sp³-hybridized carbons (Fsp3) is 0.308. The Kier molecular flexibility index (Phi) is 3.48. The first-order chi connectivity index (χ1) is 8.49. The maximum Gasteiger partial charge on any atom is 0.131 e. The van der Waals surface area contributed by atoms with Gasteiger partial charge in [-0.3, -0.25) is 4.68 Å². The van der Waals surface area contributed by atoms with E-state index in [1.165, 1.54) is 0 Å². The molecule has 18 heavy (non-hydrogen) atoms. The third-order valence-electron chi connectivity index (χ3n) is 3.00. The van der Waals surface area contributed by atoms with Crippen LogP contribution in [0.4, 0.5) is 11.4 Å². The van der Waals surface area contributed by atoms with Crippen molar-refractivity contribution < 1.29 is 0 Å². The van der Waals surface area contributed by atoms with Crippen molar-refractivity contribution in [2.45, 2.75) is 13.5 Å². The molecule has 1 aromatic heterocycles. The molecule has 0 bridgehead atoms. The molecule has 2 rings (SSSR count). The lowest BCUT2D eigenvalue weighted by molar-refractivity contribution is 0.757. The van der Waals surface area contributed by atoms with E-state index in [9.17, 15) is 0 Å². The lowest BCUT2D eigenvalue weighted by Crippen LogP contribution is -2.16. The number of hydrogen-bond donors (Lipinski definition) is 1. The van der Waals surface area contributed by atoms with Gasteiger partial charge < -0.3 is 10.6 Å². The summed E-state index contributed by atoms with van der Waals surface area (Å²) in [5.74, 6) is 0. The Bertz CT molecular complexity index is 545. The summed E-state index contributed by atoms with van der Waals surface area (Å²) in [6.07, 6.45) is 0. The number of rotatable bonds is 3. The summed E-state index contributed by atoms with van der Waals surface area (Å²) in [6.45, 7) is 2.69. The Morgan fingerprint density at radius 3 is 2.44 bits per heavy atom. The normalized spacial score (nSPS) is 10.7. The third-order valence-corrected chi connectivity index (χ3v) is 3.47. The molecule has 0 saturated carbocycles. The van der Waals surface area contributed by atoms with Gasteiger partial charge >= 0.3 is 0 Å². The zero-order chi connectivity index (χ0) is 13.3. The maximum absolute atomic E-state index is 6.22. The Balaban J connectivity index is 2.21. The lowest BCUT2D eigenvalue weighted by Gasteiger charge is -2.19. The van der Waals surface area contributed by atoms with E-state index in [1.54, 1.807) is 4.68 Å². The molecule has 0 aliphatic heterocycles. The second-order valence-corrected chi connectivity index (χ2v) is 4.78. The van der Waals surface area contributed by atoms with Crippen molar-refractivity contribution in [2.75, 3.05) is 17.7 Å². The minimum atomic E-state index is 0.690. The zero-order valence-electron chi connectivity index (χ0n) is 10.8. The molecule has 4 nitrogen and oxygen atoms in total. The molecule has 0 saturated heterocycles. The van der Waals surface area contributed by atoms with Gasteiger partial charge in [0.2, 0.25) is 0 Å². The SMILES string of the molecule is Cc1nn(C)c(Cl)c1CN(C)c1ccc(N)cc1. The summed E-state index contributed by atoms with van der Waals surface area (Å²) in [5, 5.41) is 5.00. The average Bonchev–Trinajstić information content (AvgIpc) is 2.57. The van der Waals surface area contributed by atoms with Gasteiger partial charge in [-0.1, -0.05) is 11.6 Å². The Labute approximate surface area is 112 Å². The van der Waals surface area contributed by atoms with Crippen LogP contribution in [0.3, 0.4) is 0 Å². The first-order valence-electron chi connectivity index (χ1n) is 5.73. The fourth-order valence-corrected chi connectivity index (χ4v) is 2.15. The molecule has 2 aromatic rings. The minimum absolute atomic E-state index is 0.690. The molecule has 0 amide bonds. The molecule has 0 spiro atoms. The monoisotopic (exact) mass is 264 g/mol. The summed E-state index contributed by atoms with van der Waals surface area (Å²) < 4.78 is 1.70. The van der Waals surface area contributed by atoms with Crippen molar-refractivity contribution in [2.24, 2.45) is 7.05 Å². The van der Waals surface area contributed by atoms with E-state index >= 15 is 0 Å². The van der Waals surface area contributed by atoms with Crippen LogP contribution in [-0.2, 0) is 13.6 Å². The smallest absolute Gasteiger partial charge is 0.131 e. The van der Waals surface area contributed by atoms with Gasteiger partial charge in [0.15, 0.2) is 0 Å². The van der Waals surface area contributed by atoms with Crippen molar-refractivity contribution in [1.82, 2.24) is 9.78 Å². The van der Waals surface area contributed by atoms with Gasteiger partial charge in [0.05, 0.1) is 5.69 Å². The molecule has 1 aromatic carbocycles. The van der Waals surface area contributed by atoms with E-state index in [2.05, 4.69) is 10.00 Å². The molecule has 0 atom stereocenters. The van der Waals surface area contributed by atoms with Crippen LogP contribution in [0.15, 0.2) is 24.3 Å². The lowest BCUT2D eigenvalue weighted by atomic mass is 10.2. The molecule has 5 heteroatoms. The molecule has 0 fully saturated rings. The summed E-state index contributed by atoms with van der Waals surface area (Å²) in [5.41, 5.74) is 9.56. The first-order valence-corrected chi connectivity index (χ1v) is 6.11. The molecule has 0 aliphatic carbocycles. The number of aromatic nitrogens is 2.